The maximum Gasteiger partial charge on any atom is 0.137 e. The fraction of sp³-hybridized carbons (Fsp3) is 0.421. The molecular formula is C19H22ClN5. The Hall–Kier alpha value is -1.98. The number of hydrogen-bond donors (Lipinski definition) is 0. The molecule has 6 heteroatoms. The van der Waals surface area contributed by atoms with Crippen molar-refractivity contribution in [1.82, 2.24) is 24.3 Å². The molecule has 3 aromatic rings. The zero-order valence-electron chi connectivity index (χ0n) is 14.7. The van der Waals surface area contributed by atoms with Gasteiger partial charge in [-0.15, -0.1) is 0 Å². The van der Waals surface area contributed by atoms with E-state index in [1.807, 2.05) is 24.5 Å². The van der Waals surface area contributed by atoms with E-state index in [1.165, 1.54) is 17.0 Å². The minimum atomic E-state index is 0.729. The van der Waals surface area contributed by atoms with E-state index >= 15 is 0 Å². The van der Waals surface area contributed by atoms with Crippen molar-refractivity contribution in [3.63, 3.8) is 0 Å². The molecule has 0 radical (unpaired) electrons. The van der Waals surface area contributed by atoms with Crippen LogP contribution in [0.25, 0.3) is 5.65 Å². The quantitative estimate of drug-likeness (QED) is 0.717. The number of pyridine rings is 1. The number of nitrogens with zero attached hydrogens (tertiary/aromatic N) is 5. The van der Waals surface area contributed by atoms with Crippen molar-refractivity contribution in [2.24, 2.45) is 0 Å². The summed E-state index contributed by atoms with van der Waals surface area (Å²) in [5.74, 6) is 0.974. The molecule has 130 valence electrons. The smallest absolute Gasteiger partial charge is 0.137 e. The Kier molecular flexibility index (Phi) is 4.44. The summed E-state index contributed by atoms with van der Waals surface area (Å²) in [5.41, 5.74) is 5.66. The zero-order chi connectivity index (χ0) is 17.4. The van der Waals surface area contributed by atoms with Gasteiger partial charge in [-0.25, -0.2) is 15.0 Å². The van der Waals surface area contributed by atoms with Crippen LogP contribution in [-0.4, -0.2) is 30.8 Å². The highest BCUT2D eigenvalue weighted by molar-refractivity contribution is 6.30. The molecule has 0 saturated carbocycles. The standard InChI is InChI=1S/C19H22ClN5/c1-3-4-18-21-9-14-10-24(8-7-16(14)23-18)12-17-13(2)22-19-6-5-15(20)11-25(17)19/h5-6,9,11H,3-4,7-8,10,12H2,1-2H3. The van der Waals surface area contributed by atoms with E-state index in [2.05, 4.69) is 33.1 Å². The molecule has 4 heterocycles. The highest BCUT2D eigenvalue weighted by Gasteiger charge is 2.20. The van der Waals surface area contributed by atoms with Crippen molar-refractivity contribution in [3.8, 4) is 0 Å². The molecule has 0 unspecified atom stereocenters. The van der Waals surface area contributed by atoms with Crippen molar-refractivity contribution in [1.29, 1.82) is 0 Å². The SMILES string of the molecule is CCCc1ncc2c(n1)CCN(Cc1c(C)nc3ccc(Cl)cn13)C2. The highest BCUT2D eigenvalue weighted by atomic mass is 35.5. The third-order valence-corrected chi connectivity index (χ3v) is 5.01. The number of aryl methyl sites for hydroxylation is 2. The normalized spacial score (nSPS) is 14.8. The Morgan fingerprint density at radius 3 is 2.96 bits per heavy atom. The molecule has 0 atom stereocenters. The van der Waals surface area contributed by atoms with Gasteiger partial charge in [0.15, 0.2) is 0 Å². The molecule has 0 spiro atoms. The van der Waals surface area contributed by atoms with Gasteiger partial charge in [0.25, 0.3) is 0 Å². The summed E-state index contributed by atoms with van der Waals surface area (Å²) in [6.07, 6.45) is 6.98. The Labute approximate surface area is 152 Å². The van der Waals surface area contributed by atoms with Crippen LogP contribution in [0.4, 0.5) is 0 Å². The average molecular weight is 356 g/mol. The number of hydrogen-bond acceptors (Lipinski definition) is 4. The van der Waals surface area contributed by atoms with Crippen molar-refractivity contribution >= 4 is 17.2 Å². The summed E-state index contributed by atoms with van der Waals surface area (Å²) in [7, 11) is 0. The molecule has 0 saturated heterocycles. The number of halogens is 1. The lowest BCUT2D eigenvalue weighted by molar-refractivity contribution is 0.238. The zero-order valence-corrected chi connectivity index (χ0v) is 15.4. The molecule has 0 fully saturated rings. The first-order chi connectivity index (χ1) is 12.1. The Bertz CT molecular complexity index is 918. The van der Waals surface area contributed by atoms with Crippen molar-refractivity contribution < 1.29 is 0 Å². The van der Waals surface area contributed by atoms with Gasteiger partial charge < -0.3 is 4.40 Å². The van der Waals surface area contributed by atoms with Gasteiger partial charge >= 0.3 is 0 Å². The molecule has 0 aliphatic carbocycles. The Balaban J connectivity index is 1.57. The van der Waals surface area contributed by atoms with Gasteiger partial charge in [-0.05, 0) is 25.5 Å². The predicted octanol–water partition coefficient (Wildman–Crippen LogP) is 3.60. The van der Waals surface area contributed by atoms with E-state index in [0.29, 0.717) is 0 Å². The number of aromatic nitrogens is 4. The van der Waals surface area contributed by atoms with E-state index in [0.717, 1.165) is 61.1 Å². The topological polar surface area (TPSA) is 46.3 Å². The Morgan fingerprint density at radius 1 is 1.24 bits per heavy atom. The molecule has 1 aliphatic heterocycles. The van der Waals surface area contributed by atoms with Crippen LogP contribution in [0.3, 0.4) is 0 Å². The third-order valence-electron chi connectivity index (χ3n) is 4.79. The molecule has 25 heavy (non-hydrogen) atoms. The predicted molar refractivity (Wildman–Crippen MR) is 98.8 cm³/mol. The average Bonchev–Trinajstić information content (AvgIpc) is 2.90. The second-order valence-electron chi connectivity index (χ2n) is 6.69. The minimum absolute atomic E-state index is 0.729. The summed E-state index contributed by atoms with van der Waals surface area (Å²) in [5, 5.41) is 0.729. The van der Waals surface area contributed by atoms with Crippen molar-refractivity contribution in [3.05, 3.63) is 58.0 Å². The fourth-order valence-electron chi connectivity index (χ4n) is 3.48. The van der Waals surface area contributed by atoms with Crippen LogP contribution in [0.1, 0.15) is 41.8 Å². The minimum Gasteiger partial charge on any atom is -0.301 e. The first kappa shape index (κ1) is 16.5. The molecule has 5 nitrogen and oxygen atoms in total. The number of imidazole rings is 1. The van der Waals surface area contributed by atoms with Gasteiger partial charge in [0.2, 0.25) is 0 Å². The second-order valence-corrected chi connectivity index (χ2v) is 7.12. The second kappa shape index (κ2) is 6.73. The summed E-state index contributed by atoms with van der Waals surface area (Å²) in [4.78, 5) is 16.3. The lowest BCUT2D eigenvalue weighted by atomic mass is 10.1. The molecule has 0 aromatic carbocycles. The van der Waals surface area contributed by atoms with Gasteiger partial charge in [-0.2, -0.15) is 0 Å². The highest BCUT2D eigenvalue weighted by Crippen LogP contribution is 2.22. The summed E-state index contributed by atoms with van der Waals surface area (Å²) in [6, 6.07) is 3.85. The maximum absolute atomic E-state index is 6.17. The van der Waals surface area contributed by atoms with Crippen LogP contribution in [0.15, 0.2) is 24.5 Å². The summed E-state index contributed by atoms with van der Waals surface area (Å²) in [6.45, 7) is 6.96. The largest absolute Gasteiger partial charge is 0.301 e. The Morgan fingerprint density at radius 2 is 2.12 bits per heavy atom. The molecule has 3 aromatic heterocycles. The van der Waals surface area contributed by atoms with Crippen LogP contribution in [0, 0.1) is 6.92 Å². The van der Waals surface area contributed by atoms with E-state index in [-0.39, 0.29) is 0 Å². The van der Waals surface area contributed by atoms with Gasteiger partial charge in [0.05, 0.1) is 16.4 Å². The summed E-state index contributed by atoms with van der Waals surface area (Å²) >= 11 is 6.17. The van der Waals surface area contributed by atoms with E-state index in [9.17, 15) is 0 Å². The molecule has 0 bridgehead atoms. The van der Waals surface area contributed by atoms with Crippen LogP contribution < -0.4 is 0 Å². The van der Waals surface area contributed by atoms with E-state index < -0.39 is 0 Å². The van der Waals surface area contributed by atoms with Gasteiger partial charge in [0.1, 0.15) is 11.5 Å². The number of rotatable bonds is 4. The van der Waals surface area contributed by atoms with Crippen molar-refractivity contribution in [2.75, 3.05) is 6.54 Å². The summed E-state index contributed by atoms with van der Waals surface area (Å²) < 4.78 is 2.11. The lowest BCUT2D eigenvalue weighted by Gasteiger charge is -2.28. The molecule has 4 rings (SSSR count). The van der Waals surface area contributed by atoms with E-state index in [4.69, 9.17) is 16.6 Å². The van der Waals surface area contributed by atoms with Gasteiger partial charge in [-0.3, -0.25) is 4.90 Å². The van der Waals surface area contributed by atoms with Crippen LogP contribution in [0.2, 0.25) is 5.02 Å². The molecule has 1 aliphatic rings. The monoisotopic (exact) mass is 355 g/mol. The lowest BCUT2D eigenvalue weighted by Crippen LogP contribution is -2.31. The molecular weight excluding hydrogens is 334 g/mol. The van der Waals surface area contributed by atoms with E-state index in [1.54, 1.807) is 0 Å². The molecule has 0 N–H and O–H groups in total. The van der Waals surface area contributed by atoms with Crippen molar-refractivity contribution in [2.45, 2.75) is 46.2 Å². The fourth-order valence-corrected chi connectivity index (χ4v) is 3.64. The van der Waals surface area contributed by atoms with Crippen LogP contribution >= 0.6 is 11.6 Å². The van der Waals surface area contributed by atoms with Gasteiger partial charge in [0, 0.05) is 56.1 Å². The van der Waals surface area contributed by atoms with Crippen LogP contribution in [-0.2, 0) is 25.9 Å². The third kappa shape index (κ3) is 3.26. The van der Waals surface area contributed by atoms with Gasteiger partial charge in [-0.1, -0.05) is 18.5 Å². The maximum atomic E-state index is 6.17. The first-order valence-electron chi connectivity index (χ1n) is 8.83. The first-order valence-corrected chi connectivity index (χ1v) is 9.21. The molecule has 0 amide bonds. The number of fused-ring (bicyclic) bond motifs is 2. The van der Waals surface area contributed by atoms with Crippen LogP contribution in [0.5, 0.6) is 0 Å².